The van der Waals surface area contributed by atoms with Gasteiger partial charge < -0.3 is 20.1 Å². The predicted molar refractivity (Wildman–Crippen MR) is 81.3 cm³/mol. The molecule has 0 saturated heterocycles. The van der Waals surface area contributed by atoms with E-state index in [1.807, 2.05) is 0 Å². The molecule has 0 bridgehead atoms. The van der Waals surface area contributed by atoms with Gasteiger partial charge in [-0.15, -0.1) is 0 Å². The number of carboxylic acid groups (broad SMARTS) is 3. The van der Waals surface area contributed by atoms with Crippen LogP contribution >= 0.6 is 0 Å². The Bertz CT molecular complexity index is 702. The highest BCUT2D eigenvalue weighted by molar-refractivity contribution is 6.03. The second-order valence-electron chi connectivity index (χ2n) is 4.84. The molecular formula is C16H16O8. The van der Waals surface area contributed by atoms with Crippen LogP contribution in [0.1, 0.15) is 50.8 Å². The van der Waals surface area contributed by atoms with Crippen LogP contribution in [0.15, 0.2) is 29.8 Å². The van der Waals surface area contributed by atoms with E-state index in [4.69, 9.17) is 20.1 Å². The third-order valence-corrected chi connectivity index (χ3v) is 3.09. The lowest BCUT2D eigenvalue weighted by molar-refractivity contribution is -0.132. The van der Waals surface area contributed by atoms with E-state index in [1.165, 1.54) is 19.1 Å². The van der Waals surface area contributed by atoms with Crippen LogP contribution < -0.4 is 0 Å². The molecule has 0 aliphatic rings. The van der Waals surface area contributed by atoms with Crippen molar-refractivity contribution in [3.05, 3.63) is 46.5 Å². The highest BCUT2D eigenvalue weighted by Crippen LogP contribution is 2.14. The van der Waals surface area contributed by atoms with E-state index >= 15 is 0 Å². The van der Waals surface area contributed by atoms with Crippen molar-refractivity contribution in [3.63, 3.8) is 0 Å². The Hall–Kier alpha value is -3.16. The third kappa shape index (κ3) is 5.24. The number of esters is 1. The molecule has 0 atom stereocenters. The summed E-state index contributed by atoms with van der Waals surface area (Å²) < 4.78 is 4.95. The first kappa shape index (κ1) is 18.9. The van der Waals surface area contributed by atoms with Crippen LogP contribution in [-0.4, -0.2) is 45.8 Å². The maximum atomic E-state index is 11.8. The van der Waals surface area contributed by atoms with Gasteiger partial charge >= 0.3 is 23.9 Å². The average molecular weight is 336 g/mol. The van der Waals surface area contributed by atoms with Crippen molar-refractivity contribution in [1.82, 2.24) is 0 Å². The molecule has 24 heavy (non-hydrogen) atoms. The van der Waals surface area contributed by atoms with Crippen LogP contribution in [0, 0.1) is 0 Å². The lowest BCUT2D eigenvalue weighted by Gasteiger charge is -2.06. The molecule has 0 aliphatic carbocycles. The first-order valence-corrected chi connectivity index (χ1v) is 6.92. The molecule has 1 rings (SSSR count). The number of hydrogen-bond acceptors (Lipinski definition) is 5. The normalized spacial score (nSPS) is 11.0. The fraction of sp³-hybridized carbons (Fsp3) is 0.250. The van der Waals surface area contributed by atoms with Gasteiger partial charge in [-0.1, -0.05) is 6.08 Å². The van der Waals surface area contributed by atoms with Gasteiger partial charge in [-0.3, -0.25) is 0 Å². The minimum atomic E-state index is -1.46. The van der Waals surface area contributed by atoms with Crippen molar-refractivity contribution in [2.45, 2.75) is 19.8 Å². The number of carbonyl (C=O) groups excluding carboxylic acids is 1. The zero-order valence-corrected chi connectivity index (χ0v) is 12.8. The zero-order valence-electron chi connectivity index (χ0n) is 12.8. The molecule has 0 heterocycles. The number of unbranched alkanes of at least 4 members (excludes halogenated alkanes) is 1. The summed E-state index contributed by atoms with van der Waals surface area (Å²) in [5, 5.41) is 26.6. The number of benzene rings is 1. The highest BCUT2D eigenvalue weighted by atomic mass is 16.5. The second kappa shape index (κ2) is 8.47. The van der Waals surface area contributed by atoms with Crippen molar-refractivity contribution in [1.29, 1.82) is 0 Å². The van der Waals surface area contributed by atoms with E-state index in [9.17, 15) is 19.2 Å². The van der Waals surface area contributed by atoms with Gasteiger partial charge in [0.25, 0.3) is 0 Å². The molecule has 128 valence electrons. The molecule has 0 fully saturated rings. The van der Waals surface area contributed by atoms with Gasteiger partial charge in [0.15, 0.2) is 0 Å². The zero-order chi connectivity index (χ0) is 18.3. The maximum absolute atomic E-state index is 11.8. The minimum absolute atomic E-state index is 0.0192. The van der Waals surface area contributed by atoms with Crippen LogP contribution in [0.5, 0.6) is 0 Å². The molecule has 0 amide bonds. The molecule has 8 heteroatoms. The summed E-state index contributed by atoms with van der Waals surface area (Å²) in [5.41, 5.74) is -0.809. The largest absolute Gasteiger partial charge is 0.478 e. The standard InChI is InChI=1S/C16H16O8/c1-9(13(17)18)4-2-3-7-24-16(23)10-5-6-11(14(19)20)12(8-10)15(21)22/h4-6,8H,2-3,7H2,1H3,(H,17,18)(H,19,20)(H,21,22). The van der Waals surface area contributed by atoms with E-state index in [0.717, 1.165) is 12.1 Å². The molecule has 0 unspecified atom stereocenters. The summed E-state index contributed by atoms with van der Waals surface area (Å²) in [7, 11) is 0. The number of ether oxygens (including phenoxy) is 1. The summed E-state index contributed by atoms with van der Waals surface area (Å²) in [5.74, 6) is -4.68. The lowest BCUT2D eigenvalue weighted by atomic mass is 10.0. The Labute approximate surface area is 137 Å². The summed E-state index contributed by atoms with van der Waals surface area (Å²) in [6, 6.07) is 3.15. The molecule has 0 saturated carbocycles. The van der Waals surface area contributed by atoms with Crippen molar-refractivity contribution in [2.24, 2.45) is 0 Å². The number of allylic oxidation sites excluding steroid dienone is 1. The molecule has 0 spiro atoms. The molecule has 1 aromatic rings. The number of hydrogen-bond donors (Lipinski definition) is 3. The van der Waals surface area contributed by atoms with Gasteiger partial charge in [-0.05, 0) is 38.0 Å². The fourth-order valence-electron chi connectivity index (χ4n) is 1.77. The monoisotopic (exact) mass is 336 g/mol. The Morgan fingerprint density at radius 3 is 2.21 bits per heavy atom. The number of carboxylic acids is 3. The van der Waals surface area contributed by atoms with Gasteiger partial charge in [0.05, 0.1) is 23.3 Å². The van der Waals surface area contributed by atoms with Crippen LogP contribution in [0.3, 0.4) is 0 Å². The van der Waals surface area contributed by atoms with E-state index in [0.29, 0.717) is 12.8 Å². The third-order valence-electron chi connectivity index (χ3n) is 3.09. The SMILES string of the molecule is CC(=CCCCOC(=O)c1ccc(C(=O)O)c(C(=O)O)c1)C(=O)O. The summed E-state index contributed by atoms with van der Waals surface area (Å²) in [6.45, 7) is 1.47. The molecular weight excluding hydrogens is 320 g/mol. The van der Waals surface area contributed by atoms with Gasteiger partial charge in [-0.25, -0.2) is 19.2 Å². The summed E-state index contributed by atoms with van der Waals surface area (Å²) in [4.78, 5) is 44.4. The number of aromatic carboxylic acids is 2. The quantitative estimate of drug-likeness (QED) is 0.372. The van der Waals surface area contributed by atoms with E-state index < -0.39 is 35.0 Å². The van der Waals surface area contributed by atoms with Crippen LogP contribution in [-0.2, 0) is 9.53 Å². The molecule has 1 aromatic carbocycles. The number of carbonyl (C=O) groups is 4. The van der Waals surface area contributed by atoms with Gasteiger partial charge in [-0.2, -0.15) is 0 Å². The van der Waals surface area contributed by atoms with Crippen molar-refractivity contribution in [2.75, 3.05) is 6.61 Å². The first-order chi connectivity index (χ1) is 11.2. The van der Waals surface area contributed by atoms with Crippen molar-refractivity contribution in [3.8, 4) is 0 Å². The van der Waals surface area contributed by atoms with Gasteiger partial charge in [0, 0.05) is 5.57 Å². The topological polar surface area (TPSA) is 138 Å². The van der Waals surface area contributed by atoms with Crippen LogP contribution in [0.4, 0.5) is 0 Å². The summed E-state index contributed by atoms with van der Waals surface area (Å²) in [6.07, 6.45) is 2.31. The Kier molecular flexibility index (Phi) is 6.66. The molecule has 0 aliphatic heterocycles. The molecule has 8 nitrogen and oxygen atoms in total. The van der Waals surface area contributed by atoms with Crippen LogP contribution in [0.25, 0.3) is 0 Å². The summed E-state index contributed by atoms with van der Waals surface area (Å²) >= 11 is 0. The maximum Gasteiger partial charge on any atom is 0.338 e. The predicted octanol–water partition coefficient (Wildman–Crippen LogP) is 2.05. The smallest absolute Gasteiger partial charge is 0.338 e. The van der Waals surface area contributed by atoms with E-state index in [-0.39, 0.29) is 17.7 Å². The lowest BCUT2D eigenvalue weighted by Crippen LogP contribution is -2.12. The van der Waals surface area contributed by atoms with Crippen LogP contribution in [0.2, 0.25) is 0 Å². The Balaban J connectivity index is 2.67. The fourth-order valence-corrected chi connectivity index (χ4v) is 1.77. The van der Waals surface area contributed by atoms with Crippen molar-refractivity contribution < 1.29 is 39.2 Å². The van der Waals surface area contributed by atoms with Gasteiger partial charge in [0.2, 0.25) is 0 Å². The highest BCUT2D eigenvalue weighted by Gasteiger charge is 2.19. The second-order valence-corrected chi connectivity index (χ2v) is 4.84. The van der Waals surface area contributed by atoms with E-state index in [2.05, 4.69) is 0 Å². The number of rotatable bonds is 8. The molecule has 0 aromatic heterocycles. The average Bonchev–Trinajstić information content (AvgIpc) is 2.53. The van der Waals surface area contributed by atoms with Crippen molar-refractivity contribution >= 4 is 23.9 Å². The molecule has 3 N–H and O–H groups in total. The molecule has 0 radical (unpaired) electrons. The minimum Gasteiger partial charge on any atom is -0.478 e. The Morgan fingerprint density at radius 2 is 1.67 bits per heavy atom. The first-order valence-electron chi connectivity index (χ1n) is 6.92. The Morgan fingerprint density at radius 1 is 1.04 bits per heavy atom. The number of aliphatic carboxylic acids is 1. The van der Waals surface area contributed by atoms with Gasteiger partial charge in [0.1, 0.15) is 0 Å². The van der Waals surface area contributed by atoms with E-state index in [1.54, 1.807) is 0 Å².